The number of carboxylic acid groups (broad SMARTS) is 1. The van der Waals surface area contributed by atoms with Crippen molar-refractivity contribution in [1.82, 2.24) is 4.98 Å². The van der Waals surface area contributed by atoms with Gasteiger partial charge in [0.2, 0.25) is 0 Å². The predicted octanol–water partition coefficient (Wildman–Crippen LogP) is 2.18. The third-order valence-corrected chi connectivity index (χ3v) is 4.35. The summed E-state index contributed by atoms with van der Waals surface area (Å²) in [5, 5.41) is 9.91. The summed E-state index contributed by atoms with van der Waals surface area (Å²) >= 11 is 1.14. The molecule has 6 heteroatoms. The minimum Gasteiger partial charge on any atom is -0.477 e. The van der Waals surface area contributed by atoms with E-state index in [1.165, 1.54) is 12.8 Å². The van der Waals surface area contributed by atoms with E-state index in [2.05, 4.69) is 9.88 Å². The molecule has 0 atom stereocenters. The van der Waals surface area contributed by atoms with Gasteiger partial charge in [0, 0.05) is 19.3 Å². The Morgan fingerprint density at radius 1 is 1.44 bits per heavy atom. The van der Waals surface area contributed by atoms with Crippen LogP contribution in [0.25, 0.3) is 10.2 Å². The van der Waals surface area contributed by atoms with E-state index in [4.69, 9.17) is 10.8 Å². The lowest BCUT2D eigenvalue weighted by Gasteiger charge is -2.18. The molecule has 0 aliphatic carbocycles. The third-order valence-electron chi connectivity index (χ3n) is 3.25. The number of carboxylic acids is 1. The predicted molar refractivity (Wildman–Crippen MR) is 72.4 cm³/mol. The Labute approximate surface area is 108 Å². The fraction of sp³-hybridized carbons (Fsp3) is 0.333. The molecule has 1 fully saturated rings. The number of hydrogen-bond acceptors (Lipinski definition) is 5. The van der Waals surface area contributed by atoms with E-state index >= 15 is 0 Å². The number of thiophene rings is 1. The number of carbonyl (C=O) groups is 1. The van der Waals surface area contributed by atoms with Gasteiger partial charge in [-0.15, -0.1) is 11.3 Å². The van der Waals surface area contributed by atoms with Crippen LogP contribution in [0.4, 0.5) is 11.4 Å². The van der Waals surface area contributed by atoms with Crippen LogP contribution in [0.15, 0.2) is 12.3 Å². The van der Waals surface area contributed by atoms with Gasteiger partial charge in [-0.05, 0) is 18.9 Å². The van der Waals surface area contributed by atoms with Crippen molar-refractivity contribution in [1.29, 1.82) is 0 Å². The number of hydrogen-bond donors (Lipinski definition) is 2. The average Bonchev–Trinajstić information content (AvgIpc) is 2.97. The van der Waals surface area contributed by atoms with Crippen molar-refractivity contribution in [2.24, 2.45) is 0 Å². The lowest BCUT2D eigenvalue weighted by molar-refractivity contribution is 0.0703. The summed E-state index contributed by atoms with van der Waals surface area (Å²) in [6, 6.07) is 1.92. The minimum atomic E-state index is -0.983. The third kappa shape index (κ3) is 1.60. The van der Waals surface area contributed by atoms with Gasteiger partial charge in [0.15, 0.2) is 0 Å². The van der Waals surface area contributed by atoms with Gasteiger partial charge in [0.05, 0.1) is 16.8 Å². The molecule has 18 heavy (non-hydrogen) atoms. The highest BCUT2D eigenvalue weighted by Crippen LogP contribution is 2.39. The van der Waals surface area contributed by atoms with E-state index < -0.39 is 5.97 Å². The summed E-state index contributed by atoms with van der Waals surface area (Å²) in [4.78, 5) is 18.5. The highest BCUT2D eigenvalue weighted by atomic mass is 32.1. The van der Waals surface area contributed by atoms with Crippen LogP contribution < -0.4 is 10.6 Å². The van der Waals surface area contributed by atoms with Crippen molar-refractivity contribution in [3.63, 3.8) is 0 Å². The van der Waals surface area contributed by atoms with E-state index in [9.17, 15) is 4.79 Å². The SMILES string of the molecule is Nc1c(C(=O)O)sc2nccc(N3CCCC3)c12. The largest absolute Gasteiger partial charge is 0.477 e. The normalized spacial score (nSPS) is 15.4. The Kier molecular flexibility index (Phi) is 2.59. The quantitative estimate of drug-likeness (QED) is 0.868. The topological polar surface area (TPSA) is 79.5 Å². The molecule has 1 aliphatic heterocycles. The lowest BCUT2D eigenvalue weighted by Crippen LogP contribution is -2.18. The molecule has 0 saturated carbocycles. The van der Waals surface area contributed by atoms with Crippen LogP contribution in [0.1, 0.15) is 22.5 Å². The monoisotopic (exact) mass is 263 g/mol. The molecule has 1 aliphatic rings. The standard InChI is InChI=1S/C12H13N3O2S/c13-9-8-7(15-5-1-2-6-15)3-4-14-11(8)18-10(9)12(16)17/h3-4H,1-2,5-6,13H2,(H,16,17). The zero-order valence-electron chi connectivity index (χ0n) is 9.72. The molecule has 94 valence electrons. The molecule has 3 rings (SSSR count). The smallest absolute Gasteiger partial charge is 0.348 e. The van der Waals surface area contributed by atoms with Crippen LogP contribution in [0.5, 0.6) is 0 Å². The van der Waals surface area contributed by atoms with Crippen LogP contribution in [0, 0.1) is 0 Å². The molecule has 0 bridgehead atoms. The highest BCUT2D eigenvalue weighted by Gasteiger charge is 2.22. The zero-order chi connectivity index (χ0) is 12.7. The first-order chi connectivity index (χ1) is 8.68. The van der Waals surface area contributed by atoms with Crippen LogP contribution in [0.3, 0.4) is 0 Å². The summed E-state index contributed by atoms with van der Waals surface area (Å²) in [6.45, 7) is 1.99. The second kappa shape index (κ2) is 4.13. The number of nitrogens with zero attached hydrogens (tertiary/aromatic N) is 2. The first kappa shape index (κ1) is 11.3. The van der Waals surface area contributed by atoms with Gasteiger partial charge < -0.3 is 15.7 Å². The molecule has 2 aromatic rings. The first-order valence-corrected chi connectivity index (χ1v) is 6.65. The molecular formula is C12H13N3O2S. The van der Waals surface area contributed by atoms with Crippen LogP contribution in [-0.2, 0) is 0 Å². The molecule has 2 aromatic heterocycles. The summed E-state index contributed by atoms with van der Waals surface area (Å²) in [5.41, 5.74) is 7.33. The van der Waals surface area contributed by atoms with Crippen LogP contribution in [0.2, 0.25) is 0 Å². The Morgan fingerprint density at radius 2 is 2.17 bits per heavy atom. The molecular weight excluding hydrogens is 250 g/mol. The number of nitrogens with two attached hydrogens (primary N) is 1. The van der Waals surface area contributed by atoms with E-state index in [1.54, 1.807) is 6.20 Å². The van der Waals surface area contributed by atoms with Gasteiger partial charge in [-0.25, -0.2) is 9.78 Å². The van der Waals surface area contributed by atoms with Crippen LogP contribution >= 0.6 is 11.3 Å². The molecule has 3 N–H and O–H groups in total. The van der Waals surface area contributed by atoms with E-state index in [1.807, 2.05) is 6.07 Å². The number of rotatable bonds is 2. The maximum atomic E-state index is 11.1. The van der Waals surface area contributed by atoms with E-state index in [0.29, 0.717) is 10.5 Å². The molecule has 0 spiro atoms. The van der Waals surface area contributed by atoms with Crippen molar-refractivity contribution in [2.45, 2.75) is 12.8 Å². The average molecular weight is 263 g/mol. The number of anilines is 2. The Morgan fingerprint density at radius 3 is 2.83 bits per heavy atom. The lowest BCUT2D eigenvalue weighted by atomic mass is 10.2. The van der Waals surface area contributed by atoms with Crippen molar-refractivity contribution in [3.8, 4) is 0 Å². The van der Waals surface area contributed by atoms with Gasteiger partial charge in [0.1, 0.15) is 9.71 Å². The number of pyridine rings is 1. The van der Waals surface area contributed by atoms with Gasteiger partial charge in [-0.1, -0.05) is 0 Å². The second-order valence-corrected chi connectivity index (χ2v) is 5.35. The molecule has 3 heterocycles. The van der Waals surface area contributed by atoms with Crippen molar-refractivity contribution >= 4 is 38.9 Å². The van der Waals surface area contributed by atoms with Crippen molar-refractivity contribution in [2.75, 3.05) is 23.7 Å². The van der Waals surface area contributed by atoms with E-state index in [0.717, 1.165) is 35.5 Å². The molecule has 0 aromatic carbocycles. The number of fused-ring (bicyclic) bond motifs is 1. The summed E-state index contributed by atoms with van der Waals surface area (Å²) < 4.78 is 0. The highest BCUT2D eigenvalue weighted by molar-refractivity contribution is 7.21. The van der Waals surface area contributed by atoms with Gasteiger partial charge in [-0.2, -0.15) is 0 Å². The zero-order valence-corrected chi connectivity index (χ0v) is 10.5. The molecule has 0 amide bonds. The summed E-state index contributed by atoms with van der Waals surface area (Å²) in [5.74, 6) is -0.983. The molecule has 0 unspecified atom stereocenters. The van der Waals surface area contributed by atoms with Gasteiger partial charge in [0.25, 0.3) is 0 Å². The Hall–Kier alpha value is -1.82. The van der Waals surface area contributed by atoms with Gasteiger partial charge in [-0.3, -0.25) is 0 Å². The Bertz CT molecular complexity index is 617. The molecule has 1 saturated heterocycles. The van der Waals surface area contributed by atoms with Gasteiger partial charge >= 0.3 is 5.97 Å². The Balaban J connectivity index is 2.23. The minimum absolute atomic E-state index is 0.184. The molecule has 5 nitrogen and oxygen atoms in total. The first-order valence-electron chi connectivity index (χ1n) is 5.83. The number of aromatic carboxylic acids is 1. The van der Waals surface area contributed by atoms with Crippen molar-refractivity contribution in [3.05, 3.63) is 17.1 Å². The number of aromatic nitrogens is 1. The van der Waals surface area contributed by atoms with Crippen LogP contribution in [-0.4, -0.2) is 29.1 Å². The summed E-state index contributed by atoms with van der Waals surface area (Å²) in [6.07, 6.45) is 4.05. The summed E-state index contributed by atoms with van der Waals surface area (Å²) in [7, 11) is 0. The van der Waals surface area contributed by atoms with E-state index in [-0.39, 0.29) is 4.88 Å². The maximum Gasteiger partial charge on any atom is 0.348 e. The maximum absolute atomic E-state index is 11.1. The fourth-order valence-corrected chi connectivity index (χ4v) is 3.33. The number of nitrogen functional groups attached to an aromatic ring is 1. The fourth-order valence-electron chi connectivity index (χ4n) is 2.41. The van der Waals surface area contributed by atoms with Crippen molar-refractivity contribution < 1.29 is 9.90 Å². The molecule has 0 radical (unpaired) electrons. The second-order valence-electron chi connectivity index (χ2n) is 4.35.